The Morgan fingerprint density at radius 3 is 2.38 bits per heavy atom. The molecule has 0 aliphatic rings. The van der Waals surface area contributed by atoms with E-state index >= 15 is 0 Å². The van der Waals surface area contributed by atoms with Crippen molar-refractivity contribution < 1.29 is 24.1 Å². The highest BCUT2D eigenvalue weighted by molar-refractivity contribution is 5.94. The lowest BCUT2D eigenvalue weighted by Gasteiger charge is -2.19. The molecule has 0 saturated carbocycles. The summed E-state index contributed by atoms with van der Waals surface area (Å²) in [6.45, 7) is -0.361. The van der Waals surface area contributed by atoms with Crippen LogP contribution in [-0.2, 0) is 0 Å². The first-order chi connectivity index (χ1) is 11.5. The molecular weight excluding hydrogens is 313 g/mol. The van der Waals surface area contributed by atoms with Gasteiger partial charge in [0.1, 0.15) is 0 Å². The van der Waals surface area contributed by atoms with E-state index < -0.39 is 18.5 Å². The minimum Gasteiger partial charge on any atom is -0.494 e. The van der Waals surface area contributed by atoms with E-state index in [0.717, 1.165) is 5.56 Å². The predicted octanol–water partition coefficient (Wildman–Crippen LogP) is 1.93. The van der Waals surface area contributed by atoms with Crippen molar-refractivity contribution in [2.45, 2.75) is 6.10 Å². The van der Waals surface area contributed by atoms with Gasteiger partial charge in [0.15, 0.2) is 11.6 Å². The molecule has 0 radical (unpaired) electrons. The fourth-order valence-electron chi connectivity index (χ4n) is 2.33. The lowest BCUT2D eigenvalue weighted by atomic mass is 10.0. The SMILES string of the molecule is COc1ccc(-c2ccc(C(=O)N(C)C[C@@H](O)CO)cc2)cc1F. The fraction of sp³-hybridized carbons (Fsp3) is 0.278. The third-order valence-electron chi connectivity index (χ3n) is 3.66. The maximum absolute atomic E-state index is 13.8. The molecule has 1 amide bonds. The number of aliphatic hydroxyl groups excluding tert-OH is 2. The van der Waals surface area contributed by atoms with Crippen LogP contribution in [-0.4, -0.2) is 54.4 Å². The van der Waals surface area contributed by atoms with Crippen molar-refractivity contribution in [1.82, 2.24) is 4.90 Å². The molecule has 2 rings (SSSR count). The molecule has 0 spiro atoms. The number of amides is 1. The van der Waals surface area contributed by atoms with Crippen molar-refractivity contribution in [2.24, 2.45) is 0 Å². The van der Waals surface area contributed by atoms with Crippen molar-refractivity contribution in [1.29, 1.82) is 0 Å². The van der Waals surface area contributed by atoms with Crippen LogP contribution in [0.15, 0.2) is 42.5 Å². The standard InChI is InChI=1S/C18H20FNO4/c1-20(10-15(22)11-21)18(23)13-5-3-12(4-6-13)14-7-8-17(24-2)16(19)9-14/h3-9,15,21-22H,10-11H2,1-2H3/t15-/m1/s1. The van der Waals surface area contributed by atoms with E-state index in [2.05, 4.69) is 0 Å². The summed E-state index contributed by atoms with van der Waals surface area (Å²) in [5.74, 6) is -0.544. The van der Waals surface area contributed by atoms with Gasteiger partial charge in [-0.2, -0.15) is 0 Å². The first-order valence-electron chi connectivity index (χ1n) is 7.44. The van der Waals surface area contributed by atoms with Crippen LogP contribution in [0.3, 0.4) is 0 Å². The van der Waals surface area contributed by atoms with Gasteiger partial charge < -0.3 is 19.8 Å². The maximum Gasteiger partial charge on any atom is 0.253 e. The zero-order valence-corrected chi connectivity index (χ0v) is 13.6. The summed E-state index contributed by atoms with van der Waals surface area (Å²) in [5.41, 5.74) is 1.89. The number of carbonyl (C=O) groups is 1. The van der Waals surface area contributed by atoms with Crippen LogP contribution in [0.4, 0.5) is 4.39 Å². The first-order valence-corrected chi connectivity index (χ1v) is 7.44. The van der Waals surface area contributed by atoms with Crippen molar-refractivity contribution >= 4 is 5.91 Å². The van der Waals surface area contributed by atoms with Gasteiger partial charge in [0.25, 0.3) is 5.91 Å². The number of nitrogens with zero attached hydrogens (tertiary/aromatic N) is 1. The van der Waals surface area contributed by atoms with Crippen LogP contribution in [0.5, 0.6) is 5.75 Å². The van der Waals surface area contributed by atoms with Gasteiger partial charge in [-0.25, -0.2) is 4.39 Å². The lowest BCUT2D eigenvalue weighted by Crippen LogP contribution is -2.35. The molecule has 2 aromatic rings. The van der Waals surface area contributed by atoms with Gasteiger partial charge in [0, 0.05) is 19.2 Å². The van der Waals surface area contributed by atoms with Crippen molar-refractivity contribution in [3.8, 4) is 16.9 Å². The Bertz CT molecular complexity index is 703. The maximum atomic E-state index is 13.8. The summed E-state index contributed by atoms with van der Waals surface area (Å²) >= 11 is 0. The van der Waals surface area contributed by atoms with Gasteiger partial charge in [0.05, 0.1) is 19.8 Å². The van der Waals surface area contributed by atoms with Gasteiger partial charge in [-0.15, -0.1) is 0 Å². The van der Waals surface area contributed by atoms with Gasteiger partial charge in [-0.1, -0.05) is 18.2 Å². The molecule has 0 aromatic heterocycles. The zero-order valence-electron chi connectivity index (χ0n) is 13.6. The van der Waals surface area contributed by atoms with Crippen LogP contribution in [0, 0.1) is 5.82 Å². The minimum atomic E-state index is -0.972. The van der Waals surface area contributed by atoms with E-state index in [1.54, 1.807) is 43.4 Å². The molecule has 0 heterocycles. The Morgan fingerprint density at radius 2 is 1.83 bits per heavy atom. The van der Waals surface area contributed by atoms with E-state index in [-0.39, 0.29) is 18.2 Å². The molecule has 0 unspecified atom stereocenters. The highest BCUT2D eigenvalue weighted by Crippen LogP contribution is 2.25. The second-order valence-electron chi connectivity index (χ2n) is 5.45. The third kappa shape index (κ3) is 4.10. The topological polar surface area (TPSA) is 70.0 Å². The summed E-state index contributed by atoms with van der Waals surface area (Å²) in [4.78, 5) is 13.6. The number of hydrogen-bond donors (Lipinski definition) is 2. The van der Waals surface area contributed by atoms with Gasteiger partial charge in [0.2, 0.25) is 0 Å². The van der Waals surface area contributed by atoms with E-state index in [9.17, 15) is 14.3 Å². The summed E-state index contributed by atoms with van der Waals surface area (Å²) in [5, 5.41) is 18.2. The van der Waals surface area contributed by atoms with Crippen molar-refractivity contribution in [3.63, 3.8) is 0 Å². The summed E-state index contributed by atoms with van der Waals surface area (Å²) in [6, 6.07) is 11.4. The molecule has 0 aliphatic carbocycles. The van der Waals surface area contributed by atoms with Gasteiger partial charge in [-0.05, 0) is 35.4 Å². The average Bonchev–Trinajstić information content (AvgIpc) is 2.60. The predicted molar refractivity (Wildman–Crippen MR) is 88.4 cm³/mol. The first kappa shape index (κ1) is 17.9. The van der Waals surface area contributed by atoms with Crippen molar-refractivity contribution in [3.05, 3.63) is 53.8 Å². The van der Waals surface area contributed by atoms with E-state index in [1.165, 1.54) is 18.1 Å². The second kappa shape index (κ2) is 7.90. The van der Waals surface area contributed by atoms with Crippen LogP contribution in [0.1, 0.15) is 10.4 Å². The third-order valence-corrected chi connectivity index (χ3v) is 3.66. The summed E-state index contributed by atoms with van der Waals surface area (Å²) in [7, 11) is 2.96. The smallest absolute Gasteiger partial charge is 0.253 e. The molecule has 5 nitrogen and oxygen atoms in total. The second-order valence-corrected chi connectivity index (χ2v) is 5.45. The van der Waals surface area contributed by atoms with Crippen LogP contribution < -0.4 is 4.74 Å². The number of carbonyl (C=O) groups excluding carboxylic acids is 1. The number of rotatable bonds is 6. The summed E-state index contributed by atoms with van der Waals surface area (Å²) < 4.78 is 18.7. The van der Waals surface area contributed by atoms with E-state index in [1.807, 2.05) is 0 Å². The van der Waals surface area contributed by atoms with E-state index in [4.69, 9.17) is 9.84 Å². The number of halogens is 1. The van der Waals surface area contributed by atoms with Crippen LogP contribution in [0.2, 0.25) is 0 Å². The molecule has 0 saturated heterocycles. The highest BCUT2D eigenvalue weighted by Gasteiger charge is 2.15. The number of hydrogen-bond acceptors (Lipinski definition) is 4. The van der Waals surface area contributed by atoms with E-state index in [0.29, 0.717) is 11.1 Å². The lowest BCUT2D eigenvalue weighted by molar-refractivity contribution is 0.0520. The summed E-state index contributed by atoms with van der Waals surface area (Å²) in [6.07, 6.45) is -0.972. The molecule has 0 fully saturated rings. The van der Waals surface area contributed by atoms with Gasteiger partial charge >= 0.3 is 0 Å². The highest BCUT2D eigenvalue weighted by atomic mass is 19.1. The molecule has 1 atom stereocenters. The Hall–Kier alpha value is -2.44. The van der Waals surface area contributed by atoms with Crippen molar-refractivity contribution in [2.75, 3.05) is 27.3 Å². The Labute approximate surface area is 139 Å². The fourth-order valence-corrected chi connectivity index (χ4v) is 2.33. The monoisotopic (exact) mass is 333 g/mol. The quantitative estimate of drug-likeness (QED) is 0.847. The number of aliphatic hydroxyl groups is 2. The Balaban J connectivity index is 2.15. The molecule has 0 aliphatic heterocycles. The Morgan fingerprint density at radius 1 is 1.21 bits per heavy atom. The zero-order chi connectivity index (χ0) is 17.7. The number of methoxy groups -OCH3 is 1. The Kier molecular flexibility index (Phi) is 5.89. The number of ether oxygens (including phenoxy) is 1. The number of benzene rings is 2. The molecule has 0 bridgehead atoms. The molecule has 2 N–H and O–H groups in total. The molecule has 24 heavy (non-hydrogen) atoms. The molecule has 2 aromatic carbocycles. The molecule has 128 valence electrons. The minimum absolute atomic E-state index is 0.0424. The van der Waals surface area contributed by atoms with Gasteiger partial charge in [-0.3, -0.25) is 4.79 Å². The largest absolute Gasteiger partial charge is 0.494 e. The average molecular weight is 333 g/mol. The number of likely N-dealkylation sites (N-methyl/N-ethyl adjacent to an activating group) is 1. The molecule has 6 heteroatoms. The normalized spacial score (nSPS) is 11.9. The van der Waals surface area contributed by atoms with Crippen LogP contribution in [0.25, 0.3) is 11.1 Å². The van der Waals surface area contributed by atoms with Crippen LogP contribution >= 0.6 is 0 Å². The molecular formula is C18H20FNO4.